The molecule has 2 saturated heterocycles. The van der Waals surface area contributed by atoms with Crippen molar-refractivity contribution in [3.63, 3.8) is 0 Å². The quantitative estimate of drug-likeness (QED) is 0.259. The third-order valence-electron chi connectivity index (χ3n) is 4.89. The van der Waals surface area contributed by atoms with Gasteiger partial charge in [0, 0.05) is 19.5 Å². The van der Waals surface area contributed by atoms with Gasteiger partial charge in [-0.15, -0.1) is 0 Å². The Morgan fingerprint density at radius 2 is 1.96 bits per heavy atom. The molecule has 0 saturated carbocycles. The minimum absolute atomic E-state index is 0.0712. The van der Waals surface area contributed by atoms with Crippen molar-refractivity contribution >= 4 is 11.9 Å². The van der Waals surface area contributed by atoms with Crippen LogP contribution in [-0.2, 0) is 14.3 Å². The van der Waals surface area contributed by atoms with E-state index in [-0.39, 0.29) is 5.97 Å². The van der Waals surface area contributed by atoms with Gasteiger partial charge in [0.05, 0.1) is 24.9 Å². The molecule has 2 fully saturated rings. The lowest BCUT2D eigenvalue weighted by atomic mass is 9.96. The number of nitrogens with zero attached hydrogens (tertiary/aromatic N) is 1. The maximum atomic E-state index is 11.2. The summed E-state index contributed by atoms with van der Waals surface area (Å²) >= 11 is 0. The molecular weight excluding hydrogens is 318 g/mol. The second kappa shape index (κ2) is 11.3. The molecule has 2 rings (SSSR count). The maximum Gasteiger partial charge on any atom is 0.305 e. The molecule has 2 N–H and O–H groups in total. The van der Waals surface area contributed by atoms with Crippen molar-refractivity contribution < 1.29 is 14.3 Å². The minimum Gasteiger partial charge on any atom is -0.466 e. The molecule has 0 radical (unpaired) electrons. The van der Waals surface area contributed by atoms with E-state index in [9.17, 15) is 4.79 Å². The first-order valence-electron chi connectivity index (χ1n) is 10.1. The molecule has 0 amide bonds. The summed E-state index contributed by atoms with van der Waals surface area (Å²) in [6, 6.07) is 0.416. The average molecular weight is 354 g/mol. The van der Waals surface area contributed by atoms with E-state index in [4.69, 9.17) is 14.5 Å². The molecule has 6 heteroatoms. The van der Waals surface area contributed by atoms with E-state index in [0.29, 0.717) is 31.3 Å². The SMILES string of the molecule is CCNC(=NCCCCCCCC(=O)OCC)NC1CC2CCC1O2. The van der Waals surface area contributed by atoms with Crippen LogP contribution in [0.25, 0.3) is 0 Å². The third kappa shape index (κ3) is 7.22. The zero-order chi connectivity index (χ0) is 17.9. The van der Waals surface area contributed by atoms with Gasteiger partial charge < -0.3 is 20.1 Å². The predicted molar refractivity (Wildman–Crippen MR) is 99.7 cm³/mol. The normalized spacial score (nSPS) is 25.2. The van der Waals surface area contributed by atoms with E-state index in [1.54, 1.807) is 0 Å². The Kier molecular flexibility index (Phi) is 9.08. The van der Waals surface area contributed by atoms with Crippen LogP contribution in [0.2, 0.25) is 0 Å². The fourth-order valence-corrected chi connectivity index (χ4v) is 3.62. The van der Waals surface area contributed by atoms with Gasteiger partial charge in [0.15, 0.2) is 5.96 Å². The highest BCUT2D eigenvalue weighted by atomic mass is 16.5. The molecule has 0 aromatic carbocycles. The standard InChI is InChI=1S/C19H35N3O3/c1-3-20-19(22-16-14-15-11-12-17(16)25-15)21-13-9-7-5-6-8-10-18(23)24-4-2/h15-17H,3-14H2,1-2H3,(H2,20,21,22). The average Bonchev–Trinajstić information content (AvgIpc) is 3.20. The van der Waals surface area contributed by atoms with Gasteiger partial charge in [-0.05, 0) is 46.0 Å². The molecule has 144 valence electrons. The number of carbonyl (C=O) groups is 1. The van der Waals surface area contributed by atoms with Crippen molar-refractivity contribution in [1.29, 1.82) is 0 Å². The molecule has 0 spiro atoms. The topological polar surface area (TPSA) is 72.0 Å². The van der Waals surface area contributed by atoms with Gasteiger partial charge in [0.1, 0.15) is 0 Å². The second-order valence-corrected chi connectivity index (χ2v) is 6.94. The van der Waals surface area contributed by atoms with Crippen molar-refractivity contribution in [3.05, 3.63) is 0 Å². The first kappa shape index (κ1) is 20.0. The summed E-state index contributed by atoms with van der Waals surface area (Å²) in [5.41, 5.74) is 0. The molecule has 2 heterocycles. The highest BCUT2D eigenvalue weighted by Crippen LogP contribution is 2.34. The lowest BCUT2D eigenvalue weighted by molar-refractivity contribution is -0.143. The van der Waals surface area contributed by atoms with Crippen molar-refractivity contribution in [2.24, 2.45) is 4.99 Å². The van der Waals surface area contributed by atoms with Crippen LogP contribution in [0.1, 0.15) is 71.6 Å². The molecule has 0 aromatic rings. The predicted octanol–water partition coefficient (Wildman–Crippen LogP) is 2.77. The van der Waals surface area contributed by atoms with Gasteiger partial charge in [-0.1, -0.05) is 19.3 Å². The van der Waals surface area contributed by atoms with Gasteiger partial charge in [0.2, 0.25) is 0 Å². The van der Waals surface area contributed by atoms with Gasteiger partial charge in [-0.25, -0.2) is 0 Å². The molecule has 2 aliphatic rings. The summed E-state index contributed by atoms with van der Waals surface area (Å²) in [4.78, 5) is 15.9. The Morgan fingerprint density at radius 1 is 1.16 bits per heavy atom. The smallest absolute Gasteiger partial charge is 0.305 e. The first-order chi connectivity index (χ1) is 12.2. The summed E-state index contributed by atoms with van der Waals surface area (Å²) in [6.07, 6.45) is 10.3. The van der Waals surface area contributed by atoms with Gasteiger partial charge in [-0.3, -0.25) is 9.79 Å². The minimum atomic E-state index is -0.0712. The highest BCUT2D eigenvalue weighted by Gasteiger charge is 2.41. The number of unbranched alkanes of at least 4 members (excludes halogenated alkanes) is 4. The summed E-state index contributed by atoms with van der Waals surface area (Å²) in [5.74, 6) is 0.851. The Hall–Kier alpha value is -1.30. The van der Waals surface area contributed by atoms with E-state index >= 15 is 0 Å². The Bertz CT molecular complexity index is 428. The number of guanidine groups is 1. The molecule has 6 nitrogen and oxygen atoms in total. The molecule has 0 aromatic heterocycles. The van der Waals surface area contributed by atoms with E-state index in [2.05, 4.69) is 17.6 Å². The lowest BCUT2D eigenvalue weighted by Crippen LogP contribution is -2.47. The zero-order valence-corrected chi connectivity index (χ0v) is 15.9. The Morgan fingerprint density at radius 3 is 2.64 bits per heavy atom. The van der Waals surface area contributed by atoms with Crippen LogP contribution in [0, 0.1) is 0 Å². The third-order valence-corrected chi connectivity index (χ3v) is 4.89. The number of fused-ring (bicyclic) bond motifs is 2. The van der Waals surface area contributed by atoms with E-state index < -0.39 is 0 Å². The van der Waals surface area contributed by atoms with E-state index in [0.717, 1.165) is 57.6 Å². The number of ether oxygens (including phenoxy) is 2. The van der Waals surface area contributed by atoms with Crippen LogP contribution in [-0.4, -0.2) is 49.9 Å². The van der Waals surface area contributed by atoms with Crippen LogP contribution in [0.4, 0.5) is 0 Å². The zero-order valence-electron chi connectivity index (χ0n) is 15.9. The lowest BCUT2D eigenvalue weighted by Gasteiger charge is -2.22. The number of hydrogen-bond donors (Lipinski definition) is 2. The molecule has 0 aliphatic carbocycles. The van der Waals surface area contributed by atoms with Crippen LogP contribution < -0.4 is 10.6 Å². The number of esters is 1. The number of nitrogens with one attached hydrogen (secondary N) is 2. The van der Waals surface area contributed by atoms with Crippen molar-refractivity contribution in [3.8, 4) is 0 Å². The molecule has 2 aliphatic heterocycles. The second-order valence-electron chi connectivity index (χ2n) is 6.94. The highest BCUT2D eigenvalue weighted by molar-refractivity contribution is 5.80. The summed E-state index contributed by atoms with van der Waals surface area (Å²) in [5, 5.41) is 6.88. The first-order valence-corrected chi connectivity index (χ1v) is 10.1. The summed E-state index contributed by atoms with van der Waals surface area (Å²) in [7, 11) is 0. The van der Waals surface area contributed by atoms with Gasteiger partial charge in [-0.2, -0.15) is 0 Å². The summed E-state index contributed by atoms with van der Waals surface area (Å²) in [6.45, 7) is 6.14. The molecule has 3 atom stereocenters. The Balaban J connectivity index is 1.54. The number of aliphatic imine (C=N–C) groups is 1. The molecular formula is C19H35N3O3. The van der Waals surface area contributed by atoms with Gasteiger partial charge in [0.25, 0.3) is 0 Å². The maximum absolute atomic E-state index is 11.2. The summed E-state index contributed by atoms with van der Waals surface area (Å²) < 4.78 is 10.8. The van der Waals surface area contributed by atoms with Crippen LogP contribution >= 0.6 is 0 Å². The van der Waals surface area contributed by atoms with E-state index in [1.165, 1.54) is 12.8 Å². The number of hydrogen-bond acceptors (Lipinski definition) is 4. The van der Waals surface area contributed by atoms with Crippen molar-refractivity contribution in [1.82, 2.24) is 10.6 Å². The van der Waals surface area contributed by atoms with Crippen LogP contribution in [0.15, 0.2) is 4.99 Å². The molecule has 3 unspecified atom stereocenters. The van der Waals surface area contributed by atoms with Crippen LogP contribution in [0.5, 0.6) is 0 Å². The van der Waals surface area contributed by atoms with Crippen LogP contribution in [0.3, 0.4) is 0 Å². The fraction of sp³-hybridized carbons (Fsp3) is 0.895. The molecule has 2 bridgehead atoms. The fourth-order valence-electron chi connectivity index (χ4n) is 3.62. The van der Waals surface area contributed by atoms with E-state index in [1.807, 2.05) is 6.92 Å². The van der Waals surface area contributed by atoms with Crippen molar-refractivity contribution in [2.45, 2.75) is 89.9 Å². The number of carbonyl (C=O) groups excluding carboxylic acids is 1. The monoisotopic (exact) mass is 353 g/mol. The molecule has 25 heavy (non-hydrogen) atoms. The number of rotatable bonds is 11. The Labute approximate surface area is 152 Å². The largest absolute Gasteiger partial charge is 0.466 e. The van der Waals surface area contributed by atoms with Crippen molar-refractivity contribution in [2.75, 3.05) is 19.7 Å². The van der Waals surface area contributed by atoms with Gasteiger partial charge >= 0.3 is 5.97 Å².